The third-order valence-electron chi connectivity index (χ3n) is 2.31. The molecule has 0 unspecified atom stereocenters. The standard InChI is InChI=1S/C11H17NO4/c1-14-9-4-7(8(12)6-13)5-10(15-2)11(9)16-3/h4-5,8,13H,6,12H2,1-3H3/t8-/m1/s1. The Morgan fingerprint density at radius 2 is 1.62 bits per heavy atom. The Balaban J connectivity index is 3.25. The quantitative estimate of drug-likeness (QED) is 0.774. The van der Waals surface area contributed by atoms with Crippen LogP contribution in [0.25, 0.3) is 0 Å². The van der Waals surface area contributed by atoms with Gasteiger partial charge in [0.05, 0.1) is 34.0 Å². The molecule has 0 saturated heterocycles. The molecule has 0 saturated carbocycles. The van der Waals surface area contributed by atoms with Gasteiger partial charge in [-0.3, -0.25) is 0 Å². The van der Waals surface area contributed by atoms with E-state index in [1.165, 1.54) is 21.3 Å². The highest BCUT2D eigenvalue weighted by atomic mass is 16.5. The van der Waals surface area contributed by atoms with Crippen LogP contribution >= 0.6 is 0 Å². The van der Waals surface area contributed by atoms with Gasteiger partial charge in [-0.15, -0.1) is 0 Å². The van der Waals surface area contributed by atoms with E-state index < -0.39 is 6.04 Å². The van der Waals surface area contributed by atoms with Gasteiger partial charge in [0.25, 0.3) is 0 Å². The number of methoxy groups -OCH3 is 3. The van der Waals surface area contributed by atoms with Crippen molar-refractivity contribution in [3.05, 3.63) is 17.7 Å². The van der Waals surface area contributed by atoms with Crippen molar-refractivity contribution in [2.24, 2.45) is 5.73 Å². The van der Waals surface area contributed by atoms with Crippen molar-refractivity contribution in [1.29, 1.82) is 0 Å². The minimum Gasteiger partial charge on any atom is -0.493 e. The highest BCUT2D eigenvalue weighted by Crippen LogP contribution is 2.39. The molecule has 0 bridgehead atoms. The van der Waals surface area contributed by atoms with Crippen molar-refractivity contribution >= 4 is 0 Å². The SMILES string of the molecule is COc1cc([C@H](N)CO)cc(OC)c1OC. The average molecular weight is 227 g/mol. The molecule has 1 rings (SSSR count). The lowest BCUT2D eigenvalue weighted by atomic mass is 10.1. The predicted octanol–water partition coefficient (Wildman–Crippen LogP) is 0.705. The number of hydrogen-bond donors (Lipinski definition) is 2. The van der Waals surface area contributed by atoms with E-state index in [-0.39, 0.29) is 6.61 Å². The molecule has 1 aromatic carbocycles. The fraction of sp³-hybridized carbons (Fsp3) is 0.455. The van der Waals surface area contributed by atoms with Crippen LogP contribution < -0.4 is 19.9 Å². The van der Waals surface area contributed by atoms with E-state index >= 15 is 0 Å². The third kappa shape index (κ3) is 2.37. The van der Waals surface area contributed by atoms with Gasteiger partial charge in [-0.05, 0) is 17.7 Å². The second kappa shape index (κ2) is 5.58. The number of hydrogen-bond acceptors (Lipinski definition) is 5. The highest BCUT2D eigenvalue weighted by Gasteiger charge is 2.15. The van der Waals surface area contributed by atoms with Crippen molar-refractivity contribution in [1.82, 2.24) is 0 Å². The maximum Gasteiger partial charge on any atom is 0.203 e. The first kappa shape index (κ1) is 12.6. The second-order valence-corrected chi connectivity index (χ2v) is 3.25. The number of ether oxygens (including phenoxy) is 3. The van der Waals surface area contributed by atoms with Crippen molar-refractivity contribution in [3.8, 4) is 17.2 Å². The van der Waals surface area contributed by atoms with Crippen LogP contribution in [0.2, 0.25) is 0 Å². The van der Waals surface area contributed by atoms with Gasteiger partial charge in [-0.25, -0.2) is 0 Å². The second-order valence-electron chi connectivity index (χ2n) is 3.25. The van der Waals surface area contributed by atoms with Crippen LogP contribution in [0.4, 0.5) is 0 Å². The van der Waals surface area contributed by atoms with E-state index in [1.807, 2.05) is 0 Å². The summed E-state index contributed by atoms with van der Waals surface area (Å²) >= 11 is 0. The van der Waals surface area contributed by atoms with Crippen molar-refractivity contribution in [3.63, 3.8) is 0 Å². The first-order chi connectivity index (χ1) is 7.67. The van der Waals surface area contributed by atoms with Gasteiger partial charge in [0.2, 0.25) is 5.75 Å². The van der Waals surface area contributed by atoms with Crippen molar-refractivity contribution in [2.45, 2.75) is 6.04 Å². The maximum absolute atomic E-state index is 9.00. The molecule has 0 radical (unpaired) electrons. The number of aliphatic hydroxyl groups is 1. The molecule has 16 heavy (non-hydrogen) atoms. The molecule has 1 aromatic rings. The molecule has 0 fully saturated rings. The fourth-order valence-electron chi connectivity index (χ4n) is 1.42. The predicted molar refractivity (Wildman–Crippen MR) is 60.1 cm³/mol. The van der Waals surface area contributed by atoms with Gasteiger partial charge in [-0.2, -0.15) is 0 Å². The maximum atomic E-state index is 9.00. The number of aliphatic hydroxyl groups excluding tert-OH is 1. The highest BCUT2D eigenvalue weighted by molar-refractivity contribution is 5.54. The van der Waals surface area contributed by atoms with Gasteiger partial charge in [0, 0.05) is 0 Å². The largest absolute Gasteiger partial charge is 0.493 e. The zero-order valence-corrected chi connectivity index (χ0v) is 9.69. The van der Waals surface area contributed by atoms with Crippen LogP contribution in [0.15, 0.2) is 12.1 Å². The van der Waals surface area contributed by atoms with Gasteiger partial charge in [0.15, 0.2) is 11.5 Å². The zero-order valence-electron chi connectivity index (χ0n) is 9.69. The molecule has 5 nitrogen and oxygen atoms in total. The summed E-state index contributed by atoms with van der Waals surface area (Å²) in [5.41, 5.74) is 6.46. The third-order valence-corrected chi connectivity index (χ3v) is 2.31. The van der Waals surface area contributed by atoms with E-state index in [1.54, 1.807) is 12.1 Å². The molecule has 0 aromatic heterocycles. The molecule has 0 spiro atoms. The normalized spacial score (nSPS) is 12.1. The molecule has 3 N–H and O–H groups in total. The van der Waals surface area contributed by atoms with E-state index in [0.29, 0.717) is 17.2 Å². The lowest BCUT2D eigenvalue weighted by Crippen LogP contribution is -2.14. The Morgan fingerprint density at radius 3 is 1.94 bits per heavy atom. The Labute approximate surface area is 94.7 Å². The lowest BCUT2D eigenvalue weighted by Gasteiger charge is -2.16. The Bertz CT molecular complexity index is 329. The van der Waals surface area contributed by atoms with Crippen molar-refractivity contribution in [2.75, 3.05) is 27.9 Å². The molecule has 0 amide bonds. The minimum absolute atomic E-state index is 0.140. The van der Waals surface area contributed by atoms with Crippen LogP contribution in [0.3, 0.4) is 0 Å². The fourth-order valence-corrected chi connectivity index (χ4v) is 1.42. The van der Waals surface area contributed by atoms with Crippen LogP contribution in [0.5, 0.6) is 17.2 Å². The summed E-state index contributed by atoms with van der Waals surface area (Å²) in [7, 11) is 4.60. The smallest absolute Gasteiger partial charge is 0.203 e. The summed E-state index contributed by atoms with van der Waals surface area (Å²) in [4.78, 5) is 0. The van der Waals surface area contributed by atoms with Crippen LogP contribution in [0.1, 0.15) is 11.6 Å². The number of benzene rings is 1. The molecular weight excluding hydrogens is 210 g/mol. The monoisotopic (exact) mass is 227 g/mol. The van der Waals surface area contributed by atoms with E-state index in [0.717, 1.165) is 5.56 Å². The first-order valence-electron chi connectivity index (χ1n) is 4.84. The van der Waals surface area contributed by atoms with E-state index in [4.69, 9.17) is 25.1 Å². The summed E-state index contributed by atoms with van der Waals surface area (Å²) in [6.07, 6.45) is 0. The zero-order chi connectivity index (χ0) is 12.1. The van der Waals surface area contributed by atoms with Crippen LogP contribution in [-0.2, 0) is 0 Å². The molecule has 0 aliphatic heterocycles. The molecule has 5 heteroatoms. The Kier molecular flexibility index (Phi) is 4.39. The molecule has 90 valence electrons. The lowest BCUT2D eigenvalue weighted by molar-refractivity contribution is 0.266. The minimum atomic E-state index is -0.464. The van der Waals surface area contributed by atoms with E-state index in [2.05, 4.69) is 0 Å². The Hall–Kier alpha value is -1.46. The molecule has 0 aliphatic rings. The molecule has 0 aliphatic carbocycles. The summed E-state index contributed by atoms with van der Waals surface area (Å²) in [5.74, 6) is 1.57. The van der Waals surface area contributed by atoms with Gasteiger partial charge >= 0.3 is 0 Å². The topological polar surface area (TPSA) is 73.9 Å². The molecular formula is C11H17NO4. The van der Waals surface area contributed by atoms with Gasteiger partial charge in [-0.1, -0.05) is 0 Å². The number of nitrogens with two attached hydrogens (primary N) is 1. The summed E-state index contributed by atoms with van der Waals surface area (Å²) < 4.78 is 15.5. The van der Waals surface area contributed by atoms with Gasteiger partial charge in [0.1, 0.15) is 0 Å². The molecule has 1 atom stereocenters. The first-order valence-corrected chi connectivity index (χ1v) is 4.84. The van der Waals surface area contributed by atoms with E-state index in [9.17, 15) is 0 Å². The van der Waals surface area contributed by atoms with Crippen LogP contribution in [0, 0.1) is 0 Å². The summed E-state index contributed by atoms with van der Waals surface area (Å²) in [6, 6.07) is 2.98. The molecule has 0 heterocycles. The number of rotatable bonds is 5. The summed E-state index contributed by atoms with van der Waals surface area (Å²) in [6.45, 7) is -0.140. The Morgan fingerprint density at radius 1 is 1.12 bits per heavy atom. The summed E-state index contributed by atoms with van der Waals surface area (Å²) in [5, 5.41) is 9.00. The average Bonchev–Trinajstić information content (AvgIpc) is 2.35. The van der Waals surface area contributed by atoms with Gasteiger partial charge < -0.3 is 25.1 Å². The van der Waals surface area contributed by atoms with Crippen molar-refractivity contribution < 1.29 is 19.3 Å². The van der Waals surface area contributed by atoms with Crippen LogP contribution in [-0.4, -0.2) is 33.0 Å².